The molecule has 0 aliphatic carbocycles. The summed E-state index contributed by atoms with van der Waals surface area (Å²) in [6, 6.07) is 0. The summed E-state index contributed by atoms with van der Waals surface area (Å²) in [5, 5.41) is 8.45. The van der Waals surface area contributed by atoms with E-state index in [9.17, 15) is 9.59 Å². The maximum Gasteiger partial charge on any atom is 0.329 e. The van der Waals surface area contributed by atoms with E-state index >= 15 is 0 Å². The number of carboxylic acids is 1. The second kappa shape index (κ2) is 6.44. The average Bonchev–Trinajstić information content (AvgIpc) is 2.27. The van der Waals surface area contributed by atoms with Crippen molar-refractivity contribution in [2.75, 3.05) is 26.2 Å². The molecule has 0 saturated carbocycles. The molecule has 1 saturated heterocycles. The first kappa shape index (κ1) is 12.9. The van der Waals surface area contributed by atoms with Crippen molar-refractivity contribution in [3.8, 4) is 0 Å². The molecule has 1 fully saturated rings. The third-order valence-corrected chi connectivity index (χ3v) is 2.60. The number of hydrogen-bond donors (Lipinski definition) is 2. The van der Waals surface area contributed by atoms with Crippen LogP contribution in [0.4, 0.5) is 0 Å². The fourth-order valence-corrected chi connectivity index (χ4v) is 1.74. The number of hydrogen-bond acceptors (Lipinski definition) is 4. The van der Waals surface area contributed by atoms with Gasteiger partial charge in [-0.2, -0.15) is 0 Å². The molecule has 1 rings (SSSR count). The van der Waals surface area contributed by atoms with Gasteiger partial charge in [-0.25, -0.2) is 4.79 Å². The Kier molecular flexibility index (Phi) is 5.21. The van der Waals surface area contributed by atoms with Crippen molar-refractivity contribution < 1.29 is 19.4 Å². The second-order valence-corrected chi connectivity index (χ2v) is 3.82. The van der Waals surface area contributed by atoms with Gasteiger partial charge in [-0.15, -0.1) is 0 Å². The summed E-state index contributed by atoms with van der Waals surface area (Å²) in [6.07, 6.45) is 1.73. The van der Waals surface area contributed by atoms with Gasteiger partial charge in [-0.1, -0.05) is 0 Å². The zero-order chi connectivity index (χ0) is 12.0. The maximum absolute atomic E-state index is 11.5. The molecule has 92 valence electrons. The number of carbonyl (C=O) groups is 2. The van der Waals surface area contributed by atoms with Crippen LogP contribution in [-0.2, 0) is 14.3 Å². The third-order valence-electron chi connectivity index (χ3n) is 2.60. The Bertz CT molecular complexity index is 249. The highest BCUT2D eigenvalue weighted by molar-refractivity contribution is 5.76. The van der Waals surface area contributed by atoms with E-state index in [4.69, 9.17) is 15.6 Å². The minimum absolute atomic E-state index is 0.0435. The molecule has 0 aromatic rings. The number of nitrogens with two attached hydrogens (primary N) is 1. The normalized spacial score (nSPS) is 17.4. The van der Waals surface area contributed by atoms with Gasteiger partial charge in [0.25, 0.3) is 0 Å². The van der Waals surface area contributed by atoms with E-state index in [0.29, 0.717) is 38.9 Å². The molecule has 0 spiro atoms. The zero-order valence-corrected chi connectivity index (χ0v) is 9.22. The van der Waals surface area contributed by atoms with E-state index in [2.05, 4.69) is 0 Å². The Morgan fingerprint density at radius 3 is 2.50 bits per heavy atom. The van der Waals surface area contributed by atoms with Crippen LogP contribution in [0.25, 0.3) is 0 Å². The first-order valence-corrected chi connectivity index (χ1v) is 5.44. The highest BCUT2D eigenvalue weighted by Gasteiger charge is 2.22. The molecular formula is C10H18N2O4. The Morgan fingerprint density at radius 1 is 1.38 bits per heavy atom. The molecule has 0 bridgehead atoms. The van der Waals surface area contributed by atoms with Gasteiger partial charge < -0.3 is 20.5 Å². The van der Waals surface area contributed by atoms with Gasteiger partial charge >= 0.3 is 5.97 Å². The predicted octanol–water partition coefficient (Wildman–Crippen LogP) is -0.573. The van der Waals surface area contributed by atoms with Gasteiger partial charge in [0.05, 0.1) is 6.10 Å². The number of carbonyl (C=O) groups excluding carboxylic acids is 1. The van der Waals surface area contributed by atoms with Crippen molar-refractivity contribution in [2.45, 2.75) is 25.4 Å². The van der Waals surface area contributed by atoms with Crippen molar-refractivity contribution in [3.05, 3.63) is 0 Å². The molecule has 1 aliphatic heterocycles. The van der Waals surface area contributed by atoms with Crippen LogP contribution in [0.1, 0.15) is 19.3 Å². The van der Waals surface area contributed by atoms with E-state index in [0.717, 1.165) is 0 Å². The summed E-state index contributed by atoms with van der Waals surface area (Å²) in [6.45, 7) is 1.36. The smallest absolute Gasteiger partial charge is 0.329 e. The Balaban J connectivity index is 2.23. The standard InChI is InChI=1S/C10H18N2O4/c11-4-1-9(13)12-5-2-8(3-6-12)16-7-10(14)15/h8H,1-7,11H2,(H,14,15). The number of likely N-dealkylation sites (tertiary alicyclic amines) is 1. The van der Waals surface area contributed by atoms with E-state index in [-0.39, 0.29) is 18.6 Å². The minimum Gasteiger partial charge on any atom is -0.480 e. The Morgan fingerprint density at radius 2 is 2.00 bits per heavy atom. The van der Waals surface area contributed by atoms with E-state index in [1.54, 1.807) is 4.90 Å². The van der Waals surface area contributed by atoms with Gasteiger partial charge in [0.2, 0.25) is 5.91 Å². The van der Waals surface area contributed by atoms with Crippen LogP contribution in [0, 0.1) is 0 Å². The van der Waals surface area contributed by atoms with Gasteiger partial charge in [-0.3, -0.25) is 4.79 Å². The molecular weight excluding hydrogens is 212 g/mol. The Labute approximate surface area is 94.3 Å². The van der Waals surface area contributed by atoms with Crippen LogP contribution in [0.2, 0.25) is 0 Å². The molecule has 0 atom stereocenters. The van der Waals surface area contributed by atoms with Crippen molar-refractivity contribution in [1.29, 1.82) is 0 Å². The summed E-state index contributed by atoms with van der Waals surface area (Å²) < 4.78 is 5.17. The van der Waals surface area contributed by atoms with Crippen molar-refractivity contribution in [2.24, 2.45) is 5.73 Å². The van der Waals surface area contributed by atoms with Crippen LogP contribution in [0.3, 0.4) is 0 Å². The molecule has 1 aliphatic rings. The van der Waals surface area contributed by atoms with Gasteiger partial charge in [0.15, 0.2) is 0 Å². The molecule has 0 aromatic heterocycles. The summed E-state index contributed by atoms with van der Waals surface area (Å²) in [5.41, 5.74) is 5.31. The molecule has 3 N–H and O–H groups in total. The van der Waals surface area contributed by atoms with Crippen LogP contribution in [0.15, 0.2) is 0 Å². The molecule has 6 heteroatoms. The monoisotopic (exact) mass is 230 g/mol. The van der Waals surface area contributed by atoms with Crippen LogP contribution < -0.4 is 5.73 Å². The van der Waals surface area contributed by atoms with E-state index < -0.39 is 5.97 Å². The van der Waals surface area contributed by atoms with Gasteiger partial charge in [0, 0.05) is 26.1 Å². The van der Waals surface area contributed by atoms with Crippen LogP contribution >= 0.6 is 0 Å². The molecule has 1 heterocycles. The highest BCUT2D eigenvalue weighted by Crippen LogP contribution is 2.14. The number of carboxylic acid groups (broad SMARTS) is 1. The maximum atomic E-state index is 11.5. The van der Waals surface area contributed by atoms with Gasteiger partial charge in [0.1, 0.15) is 6.61 Å². The van der Waals surface area contributed by atoms with Gasteiger partial charge in [-0.05, 0) is 12.8 Å². The number of ether oxygens (including phenoxy) is 1. The minimum atomic E-state index is -0.957. The van der Waals surface area contributed by atoms with E-state index in [1.165, 1.54) is 0 Å². The number of amides is 1. The molecule has 0 unspecified atom stereocenters. The number of nitrogens with zero attached hydrogens (tertiary/aromatic N) is 1. The largest absolute Gasteiger partial charge is 0.480 e. The first-order valence-electron chi connectivity index (χ1n) is 5.44. The molecule has 6 nitrogen and oxygen atoms in total. The van der Waals surface area contributed by atoms with Crippen LogP contribution in [-0.4, -0.2) is 54.2 Å². The van der Waals surface area contributed by atoms with E-state index in [1.807, 2.05) is 0 Å². The lowest BCUT2D eigenvalue weighted by Gasteiger charge is -2.31. The SMILES string of the molecule is NCCC(=O)N1CCC(OCC(=O)O)CC1. The predicted molar refractivity (Wildman–Crippen MR) is 56.9 cm³/mol. The summed E-state index contributed by atoms with van der Waals surface area (Å²) in [5.74, 6) is -0.888. The lowest BCUT2D eigenvalue weighted by atomic mass is 10.1. The molecule has 16 heavy (non-hydrogen) atoms. The average molecular weight is 230 g/mol. The summed E-state index contributed by atoms with van der Waals surface area (Å²) in [7, 11) is 0. The highest BCUT2D eigenvalue weighted by atomic mass is 16.5. The fourth-order valence-electron chi connectivity index (χ4n) is 1.74. The molecule has 1 amide bonds. The quantitative estimate of drug-likeness (QED) is 0.659. The molecule has 0 radical (unpaired) electrons. The topological polar surface area (TPSA) is 92.9 Å². The van der Waals surface area contributed by atoms with Crippen molar-refractivity contribution in [1.82, 2.24) is 4.90 Å². The number of rotatable bonds is 5. The summed E-state index contributed by atoms with van der Waals surface area (Å²) >= 11 is 0. The number of aliphatic carboxylic acids is 1. The van der Waals surface area contributed by atoms with Crippen molar-refractivity contribution in [3.63, 3.8) is 0 Å². The molecule has 0 aromatic carbocycles. The zero-order valence-electron chi connectivity index (χ0n) is 9.22. The Hall–Kier alpha value is -1.14. The first-order chi connectivity index (χ1) is 7.63. The second-order valence-electron chi connectivity index (χ2n) is 3.82. The lowest BCUT2D eigenvalue weighted by molar-refractivity contribution is -0.146. The fraction of sp³-hybridized carbons (Fsp3) is 0.800. The third kappa shape index (κ3) is 4.16. The lowest BCUT2D eigenvalue weighted by Crippen LogP contribution is -2.41. The summed E-state index contributed by atoms with van der Waals surface area (Å²) in [4.78, 5) is 23.5. The van der Waals surface area contributed by atoms with Crippen molar-refractivity contribution >= 4 is 11.9 Å². The van der Waals surface area contributed by atoms with Crippen LogP contribution in [0.5, 0.6) is 0 Å². The number of piperidine rings is 1.